The predicted octanol–water partition coefficient (Wildman–Crippen LogP) is 2.48. The van der Waals surface area contributed by atoms with Crippen molar-refractivity contribution in [2.75, 3.05) is 32.8 Å². The molecule has 2 aromatic rings. The molecule has 1 aliphatic rings. The van der Waals surface area contributed by atoms with E-state index >= 15 is 0 Å². The van der Waals surface area contributed by atoms with Crippen LogP contribution < -0.4 is 5.32 Å². The van der Waals surface area contributed by atoms with Crippen molar-refractivity contribution in [3.63, 3.8) is 0 Å². The lowest BCUT2D eigenvalue weighted by Crippen LogP contribution is -2.43. The highest BCUT2D eigenvalue weighted by molar-refractivity contribution is 5.91. The molecule has 1 fully saturated rings. The molecule has 5 heteroatoms. The number of nitrogens with one attached hydrogen (secondary N) is 1. The highest BCUT2D eigenvalue weighted by Crippen LogP contribution is 2.21. The van der Waals surface area contributed by atoms with E-state index in [-0.39, 0.29) is 11.9 Å². The second-order valence-electron chi connectivity index (χ2n) is 5.67. The fraction of sp³-hybridized carbons (Fsp3) is 0.316. The number of rotatable bonds is 6. The summed E-state index contributed by atoms with van der Waals surface area (Å²) in [7, 11) is 0. The summed E-state index contributed by atoms with van der Waals surface area (Å²) in [6.07, 6.45) is 4.75. The second kappa shape index (κ2) is 8.47. The van der Waals surface area contributed by atoms with Crippen molar-refractivity contribution in [3.8, 4) is 0 Å². The van der Waals surface area contributed by atoms with Gasteiger partial charge in [-0.15, -0.1) is 0 Å². The Morgan fingerprint density at radius 1 is 1.17 bits per heavy atom. The summed E-state index contributed by atoms with van der Waals surface area (Å²) in [4.78, 5) is 14.4. The molecule has 1 unspecified atom stereocenters. The first-order valence-corrected chi connectivity index (χ1v) is 8.19. The number of amides is 1. The Bertz CT molecular complexity index is 647. The maximum atomic E-state index is 12.1. The second-order valence-corrected chi connectivity index (χ2v) is 5.67. The molecule has 1 N–H and O–H groups in total. The molecule has 0 radical (unpaired) electrons. The zero-order valence-electron chi connectivity index (χ0n) is 13.6. The van der Waals surface area contributed by atoms with Gasteiger partial charge >= 0.3 is 0 Å². The summed E-state index contributed by atoms with van der Waals surface area (Å²) >= 11 is 0. The largest absolute Gasteiger partial charge is 0.465 e. The molecule has 1 aromatic carbocycles. The maximum Gasteiger partial charge on any atom is 0.244 e. The van der Waals surface area contributed by atoms with Crippen LogP contribution in [0.2, 0.25) is 0 Å². The molecule has 2 heterocycles. The quantitative estimate of drug-likeness (QED) is 0.829. The van der Waals surface area contributed by atoms with Gasteiger partial charge in [-0.1, -0.05) is 30.3 Å². The average molecular weight is 326 g/mol. The van der Waals surface area contributed by atoms with Crippen LogP contribution in [0.3, 0.4) is 0 Å². The van der Waals surface area contributed by atoms with Crippen molar-refractivity contribution < 1.29 is 13.9 Å². The van der Waals surface area contributed by atoms with E-state index in [0.717, 1.165) is 26.3 Å². The summed E-state index contributed by atoms with van der Waals surface area (Å²) in [6, 6.07) is 14.0. The van der Waals surface area contributed by atoms with Crippen LogP contribution in [0.1, 0.15) is 17.4 Å². The molecule has 5 nitrogen and oxygen atoms in total. The molecule has 126 valence electrons. The Kier molecular flexibility index (Phi) is 5.82. The number of ether oxygens (including phenoxy) is 1. The van der Waals surface area contributed by atoms with Gasteiger partial charge in [-0.3, -0.25) is 9.69 Å². The number of carbonyl (C=O) groups is 1. The Balaban J connectivity index is 1.62. The van der Waals surface area contributed by atoms with Gasteiger partial charge in [-0.25, -0.2) is 0 Å². The third-order valence-electron chi connectivity index (χ3n) is 4.08. The molecule has 1 atom stereocenters. The zero-order valence-corrected chi connectivity index (χ0v) is 13.6. The van der Waals surface area contributed by atoms with Crippen molar-refractivity contribution in [1.82, 2.24) is 10.2 Å². The van der Waals surface area contributed by atoms with Crippen LogP contribution in [0.25, 0.3) is 6.08 Å². The summed E-state index contributed by atoms with van der Waals surface area (Å²) < 4.78 is 10.6. The minimum absolute atomic E-state index is 0.124. The highest BCUT2D eigenvalue weighted by Gasteiger charge is 2.22. The Morgan fingerprint density at radius 3 is 2.67 bits per heavy atom. The summed E-state index contributed by atoms with van der Waals surface area (Å²) in [5.74, 6) is 0.540. The van der Waals surface area contributed by atoms with E-state index in [9.17, 15) is 4.79 Å². The van der Waals surface area contributed by atoms with Gasteiger partial charge in [-0.2, -0.15) is 0 Å². The molecular formula is C19H22N2O3. The summed E-state index contributed by atoms with van der Waals surface area (Å²) in [6.45, 7) is 3.77. The average Bonchev–Trinajstić information content (AvgIpc) is 3.16. The SMILES string of the molecule is O=C(/C=C/c1ccco1)NCC(c1ccccc1)N1CCOCC1. The van der Waals surface area contributed by atoms with E-state index in [0.29, 0.717) is 12.3 Å². The lowest BCUT2D eigenvalue weighted by molar-refractivity contribution is -0.116. The molecule has 0 aliphatic carbocycles. The van der Waals surface area contributed by atoms with Crippen LogP contribution in [0.15, 0.2) is 59.2 Å². The fourth-order valence-electron chi connectivity index (χ4n) is 2.82. The van der Waals surface area contributed by atoms with Crippen molar-refractivity contribution in [3.05, 3.63) is 66.1 Å². The molecule has 1 amide bonds. The molecule has 0 saturated carbocycles. The minimum atomic E-state index is -0.124. The van der Waals surface area contributed by atoms with E-state index in [1.54, 1.807) is 18.4 Å². The molecule has 1 saturated heterocycles. The first kappa shape index (κ1) is 16.5. The first-order valence-electron chi connectivity index (χ1n) is 8.19. The van der Waals surface area contributed by atoms with Crippen LogP contribution in [0.5, 0.6) is 0 Å². The van der Waals surface area contributed by atoms with Gasteiger partial charge in [0.25, 0.3) is 0 Å². The lowest BCUT2D eigenvalue weighted by atomic mass is 10.0. The zero-order chi connectivity index (χ0) is 16.6. The van der Waals surface area contributed by atoms with Crippen LogP contribution in [-0.4, -0.2) is 43.7 Å². The molecule has 24 heavy (non-hydrogen) atoms. The minimum Gasteiger partial charge on any atom is -0.465 e. The third kappa shape index (κ3) is 4.57. The van der Waals surface area contributed by atoms with Crippen LogP contribution >= 0.6 is 0 Å². The Labute approximate surface area is 141 Å². The normalized spacial score (nSPS) is 17.0. The van der Waals surface area contributed by atoms with Crippen LogP contribution in [0, 0.1) is 0 Å². The van der Waals surface area contributed by atoms with E-state index in [4.69, 9.17) is 9.15 Å². The molecule has 3 rings (SSSR count). The number of morpholine rings is 1. The highest BCUT2D eigenvalue weighted by atomic mass is 16.5. The topological polar surface area (TPSA) is 54.7 Å². The standard InChI is InChI=1S/C19H22N2O3/c22-19(9-8-17-7-4-12-24-17)20-15-18(16-5-2-1-3-6-16)21-10-13-23-14-11-21/h1-9,12,18H,10-11,13-15H2,(H,20,22)/b9-8+. The fourth-order valence-corrected chi connectivity index (χ4v) is 2.82. The lowest BCUT2D eigenvalue weighted by Gasteiger charge is -2.34. The van der Waals surface area contributed by atoms with E-state index in [1.807, 2.05) is 24.3 Å². The van der Waals surface area contributed by atoms with Gasteiger partial charge in [-0.05, 0) is 23.8 Å². The number of hydrogen-bond acceptors (Lipinski definition) is 4. The van der Waals surface area contributed by atoms with Gasteiger partial charge in [0.05, 0.1) is 25.5 Å². The number of nitrogens with zero attached hydrogens (tertiary/aromatic N) is 1. The molecule has 0 bridgehead atoms. The summed E-state index contributed by atoms with van der Waals surface area (Å²) in [5, 5.41) is 2.99. The first-order chi connectivity index (χ1) is 11.8. The number of benzene rings is 1. The van der Waals surface area contributed by atoms with Crippen molar-refractivity contribution in [2.45, 2.75) is 6.04 Å². The van der Waals surface area contributed by atoms with Crippen molar-refractivity contribution >= 4 is 12.0 Å². The monoisotopic (exact) mass is 326 g/mol. The Morgan fingerprint density at radius 2 is 1.96 bits per heavy atom. The predicted molar refractivity (Wildman–Crippen MR) is 92.3 cm³/mol. The smallest absolute Gasteiger partial charge is 0.244 e. The molecule has 0 spiro atoms. The maximum absolute atomic E-state index is 12.1. The van der Waals surface area contributed by atoms with Crippen molar-refractivity contribution in [1.29, 1.82) is 0 Å². The van der Waals surface area contributed by atoms with Gasteiger partial charge in [0, 0.05) is 25.7 Å². The molecular weight excluding hydrogens is 304 g/mol. The van der Waals surface area contributed by atoms with E-state index in [2.05, 4.69) is 22.3 Å². The molecule has 1 aromatic heterocycles. The summed E-state index contributed by atoms with van der Waals surface area (Å²) in [5.41, 5.74) is 1.20. The van der Waals surface area contributed by atoms with E-state index in [1.165, 1.54) is 11.6 Å². The van der Waals surface area contributed by atoms with Gasteiger partial charge in [0.15, 0.2) is 0 Å². The van der Waals surface area contributed by atoms with Crippen molar-refractivity contribution in [2.24, 2.45) is 0 Å². The number of carbonyl (C=O) groups excluding carboxylic acids is 1. The van der Waals surface area contributed by atoms with Crippen LogP contribution in [-0.2, 0) is 9.53 Å². The van der Waals surface area contributed by atoms with E-state index < -0.39 is 0 Å². The third-order valence-corrected chi connectivity index (χ3v) is 4.08. The number of hydrogen-bond donors (Lipinski definition) is 1. The molecule has 1 aliphatic heterocycles. The number of furan rings is 1. The Hall–Kier alpha value is -2.37. The van der Waals surface area contributed by atoms with Gasteiger partial charge in [0.2, 0.25) is 5.91 Å². The van der Waals surface area contributed by atoms with Gasteiger partial charge in [0.1, 0.15) is 5.76 Å². The van der Waals surface area contributed by atoms with Gasteiger partial charge < -0.3 is 14.5 Å². The van der Waals surface area contributed by atoms with Crippen LogP contribution in [0.4, 0.5) is 0 Å².